The highest BCUT2D eigenvalue weighted by Crippen LogP contribution is 2.38. The number of hydrogen-bond acceptors (Lipinski definition) is 2. The minimum Gasteiger partial charge on any atom is -0.326 e. The van der Waals surface area contributed by atoms with E-state index >= 15 is 0 Å². The van der Waals surface area contributed by atoms with Crippen LogP contribution in [0.3, 0.4) is 0 Å². The van der Waals surface area contributed by atoms with Gasteiger partial charge in [-0.3, -0.25) is 9.59 Å². The maximum absolute atomic E-state index is 11.8. The molecule has 1 aliphatic heterocycles. The second-order valence-electron chi connectivity index (χ2n) is 5.50. The lowest BCUT2D eigenvalue weighted by Gasteiger charge is -2.16. The molecule has 1 aliphatic carbocycles. The van der Waals surface area contributed by atoms with Crippen LogP contribution in [0.15, 0.2) is 24.3 Å². The van der Waals surface area contributed by atoms with Crippen LogP contribution in [0.2, 0.25) is 0 Å². The molecule has 2 fully saturated rings. The summed E-state index contributed by atoms with van der Waals surface area (Å²) in [5.74, 6) is 0.988. The van der Waals surface area contributed by atoms with Crippen LogP contribution >= 0.6 is 0 Å². The number of hydrogen-bond donors (Lipinski definition) is 1. The van der Waals surface area contributed by atoms with Crippen molar-refractivity contribution in [2.24, 2.45) is 11.8 Å². The molecule has 100 valence electrons. The Hall–Kier alpha value is -1.84. The average molecular weight is 258 g/mol. The molecule has 2 aliphatic rings. The molecule has 1 N–H and O–H groups in total. The highest BCUT2D eigenvalue weighted by atomic mass is 16.2. The molecule has 4 heteroatoms. The van der Waals surface area contributed by atoms with E-state index in [9.17, 15) is 9.59 Å². The van der Waals surface area contributed by atoms with Crippen LogP contribution in [0.5, 0.6) is 0 Å². The predicted molar refractivity (Wildman–Crippen MR) is 73.9 cm³/mol. The zero-order valence-corrected chi connectivity index (χ0v) is 11.1. The molecular weight excluding hydrogens is 240 g/mol. The summed E-state index contributed by atoms with van der Waals surface area (Å²) < 4.78 is 0. The van der Waals surface area contributed by atoms with E-state index < -0.39 is 0 Å². The zero-order chi connectivity index (χ0) is 13.4. The monoisotopic (exact) mass is 258 g/mol. The van der Waals surface area contributed by atoms with Gasteiger partial charge in [-0.15, -0.1) is 0 Å². The standard InChI is InChI=1S/C15H18N2O2/c1-10-9-13(10)15(19)16-11-4-6-12(7-5-11)17-8-2-3-14(17)18/h4-7,10,13H,2-3,8-9H2,1H3,(H,16,19)/t10-,13-/m1/s1. The van der Waals surface area contributed by atoms with Gasteiger partial charge >= 0.3 is 0 Å². The first-order valence-electron chi connectivity index (χ1n) is 6.86. The van der Waals surface area contributed by atoms with Gasteiger partial charge in [-0.25, -0.2) is 0 Å². The van der Waals surface area contributed by atoms with E-state index in [2.05, 4.69) is 12.2 Å². The first-order valence-corrected chi connectivity index (χ1v) is 6.86. The predicted octanol–water partition coefficient (Wildman–Crippen LogP) is 2.41. The van der Waals surface area contributed by atoms with Crippen molar-refractivity contribution in [1.29, 1.82) is 0 Å². The number of benzene rings is 1. The molecule has 2 atom stereocenters. The molecule has 2 amide bonds. The van der Waals surface area contributed by atoms with E-state index in [1.165, 1.54) is 0 Å². The topological polar surface area (TPSA) is 49.4 Å². The van der Waals surface area contributed by atoms with Gasteiger partial charge in [0.05, 0.1) is 0 Å². The van der Waals surface area contributed by atoms with E-state index in [4.69, 9.17) is 0 Å². The summed E-state index contributed by atoms with van der Waals surface area (Å²) in [6, 6.07) is 7.53. The maximum Gasteiger partial charge on any atom is 0.227 e. The first-order chi connectivity index (χ1) is 9.15. The fourth-order valence-electron chi connectivity index (χ4n) is 2.57. The average Bonchev–Trinajstić information content (AvgIpc) is 2.98. The van der Waals surface area contributed by atoms with Crippen molar-refractivity contribution in [3.8, 4) is 0 Å². The van der Waals surface area contributed by atoms with Crippen molar-refractivity contribution in [2.45, 2.75) is 26.2 Å². The maximum atomic E-state index is 11.8. The van der Waals surface area contributed by atoms with Crippen LogP contribution in [-0.2, 0) is 9.59 Å². The lowest BCUT2D eigenvalue weighted by molar-refractivity contribution is -0.118. The quantitative estimate of drug-likeness (QED) is 0.905. The number of carbonyl (C=O) groups excluding carboxylic acids is 2. The van der Waals surface area contributed by atoms with Gasteiger partial charge in [-0.1, -0.05) is 6.92 Å². The Morgan fingerprint density at radius 3 is 2.53 bits per heavy atom. The van der Waals surface area contributed by atoms with E-state index in [-0.39, 0.29) is 17.7 Å². The first kappa shape index (κ1) is 12.2. The highest BCUT2D eigenvalue weighted by molar-refractivity contribution is 5.97. The van der Waals surface area contributed by atoms with Crippen molar-refractivity contribution in [1.82, 2.24) is 0 Å². The van der Waals surface area contributed by atoms with Gasteiger partial charge in [0.2, 0.25) is 11.8 Å². The highest BCUT2D eigenvalue weighted by Gasteiger charge is 2.39. The van der Waals surface area contributed by atoms with Crippen LogP contribution in [0.4, 0.5) is 11.4 Å². The molecule has 19 heavy (non-hydrogen) atoms. The minimum atomic E-state index is 0.109. The van der Waals surface area contributed by atoms with E-state index in [0.29, 0.717) is 12.3 Å². The van der Waals surface area contributed by atoms with E-state index in [1.807, 2.05) is 24.3 Å². The number of carbonyl (C=O) groups is 2. The van der Waals surface area contributed by atoms with E-state index in [1.54, 1.807) is 4.90 Å². The van der Waals surface area contributed by atoms with E-state index in [0.717, 1.165) is 30.8 Å². The molecule has 3 rings (SSSR count). The SMILES string of the molecule is C[C@@H]1C[C@H]1C(=O)Nc1ccc(N2CCCC2=O)cc1. The Kier molecular flexibility index (Phi) is 3.01. The largest absolute Gasteiger partial charge is 0.326 e. The Labute approximate surface area is 112 Å². The summed E-state index contributed by atoms with van der Waals surface area (Å²) in [5, 5.41) is 2.92. The van der Waals surface area contributed by atoms with Gasteiger partial charge in [0.25, 0.3) is 0 Å². The second-order valence-corrected chi connectivity index (χ2v) is 5.50. The minimum absolute atomic E-state index is 0.109. The van der Waals surface area contributed by atoms with Crippen LogP contribution in [0, 0.1) is 11.8 Å². The van der Waals surface area contributed by atoms with Gasteiger partial charge in [0.15, 0.2) is 0 Å². The third kappa shape index (κ3) is 2.48. The van der Waals surface area contributed by atoms with Gasteiger partial charge in [-0.05, 0) is 43.0 Å². The van der Waals surface area contributed by atoms with Crippen LogP contribution in [-0.4, -0.2) is 18.4 Å². The molecule has 0 bridgehead atoms. The lowest BCUT2D eigenvalue weighted by atomic mass is 10.2. The molecule has 1 aromatic carbocycles. The molecule has 0 radical (unpaired) electrons. The molecule has 1 heterocycles. The Morgan fingerprint density at radius 1 is 1.32 bits per heavy atom. The molecule has 0 spiro atoms. The summed E-state index contributed by atoms with van der Waals surface area (Å²) in [5.41, 5.74) is 1.72. The van der Waals surface area contributed by atoms with Gasteiger partial charge in [0, 0.05) is 30.3 Å². The van der Waals surface area contributed by atoms with Crippen molar-refractivity contribution >= 4 is 23.2 Å². The molecule has 4 nitrogen and oxygen atoms in total. The fourth-order valence-corrected chi connectivity index (χ4v) is 2.57. The lowest BCUT2D eigenvalue weighted by Crippen LogP contribution is -2.23. The molecule has 0 aromatic heterocycles. The Bertz CT molecular complexity index is 509. The van der Waals surface area contributed by atoms with Gasteiger partial charge < -0.3 is 10.2 Å². The second kappa shape index (κ2) is 4.68. The smallest absolute Gasteiger partial charge is 0.227 e. The van der Waals surface area contributed by atoms with Crippen LogP contribution in [0.25, 0.3) is 0 Å². The van der Waals surface area contributed by atoms with Gasteiger partial charge in [0.1, 0.15) is 0 Å². The number of nitrogens with zero attached hydrogens (tertiary/aromatic N) is 1. The van der Waals surface area contributed by atoms with Gasteiger partial charge in [-0.2, -0.15) is 0 Å². The third-order valence-corrected chi connectivity index (χ3v) is 3.97. The van der Waals surface area contributed by atoms with Crippen molar-refractivity contribution in [3.05, 3.63) is 24.3 Å². The summed E-state index contributed by atoms with van der Waals surface area (Å²) in [7, 11) is 0. The van der Waals surface area contributed by atoms with Crippen LogP contribution < -0.4 is 10.2 Å². The number of nitrogens with one attached hydrogen (secondary N) is 1. The fraction of sp³-hybridized carbons (Fsp3) is 0.467. The normalized spacial score (nSPS) is 25.5. The molecule has 1 saturated heterocycles. The molecule has 1 aromatic rings. The van der Waals surface area contributed by atoms with Crippen molar-refractivity contribution in [3.63, 3.8) is 0 Å². The number of anilines is 2. The molecule has 1 saturated carbocycles. The van der Waals surface area contributed by atoms with Crippen molar-refractivity contribution in [2.75, 3.05) is 16.8 Å². The summed E-state index contributed by atoms with van der Waals surface area (Å²) in [4.78, 5) is 25.2. The zero-order valence-electron chi connectivity index (χ0n) is 11.1. The number of amides is 2. The summed E-state index contributed by atoms with van der Waals surface area (Å²) >= 11 is 0. The molecular formula is C15H18N2O2. The summed E-state index contributed by atoms with van der Waals surface area (Å²) in [6.07, 6.45) is 2.56. The molecule has 0 unspecified atom stereocenters. The Balaban J connectivity index is 1.65. The van der Waals surface area contributed by atoms with Crippen LogP contribution in [0.1, 0.15) is 26.2 Å². The van der Waals surface area contributed by atoms with Crippen molar-refractivity contribution < 1.29 is 9.59 Å². The Morgan fingerprint density at radius 2 is 2.00 bits per heavy atom. The summed E-state index contributed by atoms with van der Waals surface area (Å²) in [6.45, 7) is 2.89. The number of rotatable bonds is 3. The third-order valence-electron chi connectivity index (χ3n) is 3.97.